The molecule has 2 heterocycles. The van der Waals surface area contributed by atoms with Crippen molar-refractivity contribution in [1.29, 1.82) is 0 Å². The third-order valence-corrected chi connectivity index (χ3v) is 4.78. The highest BCUT2D eigenvalue weighted by atomic mass is 32.1. The van der Waals surface area contributed by atoms with Crippen molar-refractivity contribution < 1.29 is 19.1 Å². The minimum absolute atomic E-state index is 0.157. The van der Waals surface area contributed by atoms with Crippen molar-refractivity contribution in [2.75, 3.05) is 19.0 Å². The van der Waals surface area contributed by atoms with Gasteiger partial charge in [0.05, 0.1) is 25.6 Å². The standard InChI is InChI=1S/C19H17N3O4S/c1-3-26-19(24)17-14(22-18(23)15-11-20-8-9-21-15)10-16(27-17)12-4-6-13(25-2)7-5-12/h4-11H,3H2,1-2H3,(H,22,23). The fourth-order valence-electron chi connectivity index (χ4n) is 2.33. The van der Waals surface area contributed by atoms with Crippen LogP contribution in [0.3, 0.4) is 0 Å². The lowest BCUT2D eigenvalue weighted by atomic mass is 10.2. The van der Waals surface area contributed by atoms with Crippen LogP contribution in [0, 0.1) is 0 Å². The number of methoxy groups -OCH3 is 1. The number of nitrogens with one attached hydrogen (secondary N) is 1. The van der Waals surface area contributed by atoms with E-state index in [1.807, 2.05) is 24.3 Å². The molecule has 0 fully saturated rings. The summed E-state index contributed by atoms with van der Waals surface area (Å²) in [6, 6.07) is 9.17. The van der Waals surface area contributed by atoms with Crippen LogP contribution in [0.1, 0.15) is 27.1 Å². The molecule has 8 heteroatoms. The lowest BCUT2D eigenvalue weighted by Crippen LogP contribution is -2.15. The van der Waals surface area contributed by atoms with Gasteiger partial charge in [-0.25, -0.2) is 9.78 Å². The summed E-state index contributed by atoms with van der Waals surface area (Å²) in [5, 5.41) is 2.72. The first kappa shape index (κ1) is 18.5. The lowest BCUT2D eigenvalue weighted by Gasteiger charge is -2.05. The second-order valence-corrected chi connectivity index (χ2v) is 6.40. The zero-order valence-corrected chi connectivity index (χ0v) is 15.6. The van der Waals surface area contributed by atoms with E-state index in [0.29, 0.717) is 10.6 Å². The van der Waals surface area contributed by atoms with Gasteiger partial charge in [-0.2, -0.15) is 0 Å². The molecule has 7 nitrogen and oxygen atoms in total. The first-order chi connectivity index (χ1) is 13.1. The smallest absolute Gasteiger partial charge is 0.350 e. The van der Waals surface area contributed by atoms with E-state index in [0.717, 1.165) is 16.2 Å². The Balaban J connectivity index is 1.94. The molecule has 1 amide bonds. The number of hydrogen-bond acceptors (Lipinski definition) is 7. The summed E-state index contributed by atoms with van der Waals surface area (Å²) >= 11 is 1.25. The summed E-state index contributed by atoms with van der Waals surface area (Å²) in [6.07, 6.45) is 4.26. The molecule has 0 aliphatic rings. The largest absolute Gasteiger partial charge is 0.497 e. The van der Waals surface area contributed by atoms with Crippen LogP contribution in [-0.2, 0) is 4.74 Å². The number of benzene rings is 1. The summed E-state index contributed by atoms with van der Waals surface area (Å²) in [6.45, 7) is 1.97. The molecule has 0 saturated carbocycles. The normalized spacial score (nSPS) is 10.3. The van der Waals surface area contributed by atoms with Crippen molar-refractivity contribution in [3.05, 3.63) is 59.5 Å². The minimum atomic E-state index is -0.489. The summed E-state index contributed by atoms with van der Waals surface area (Å²) in [7, 11) is 1.60. The SMILES string of the molecule is CCOC(=O)c1sc(-c2ccc(OC)cc2)cc1NC(=O)c1cnccn1. The number of ether oxygens (including phenoxy) is 2. The number of anilines is 1. The van der Waals surface area contributed by atoms with Crippen molar-refractivity contribution in [2.45, 2.75) is 6.92 Å². The molecule has 0 aliphatic heterocycles. The maximum atomic E-state index is 12.4. The second-order valence-electron chi connectivity index (χ2n) is 5.35. The zero-order valence-electron chi connectivity index (χ0n) is 14.8. The predicted molar refractivity (Wildman–Crippen MR) is 102 cm³/mol. The van der Waals surface area contributed by atoms with Gasteiger partial charge in [0.25, 0.3) is 5.91 Å². The van der Waals surface area contributed by atoms with E-state index in [2.05, 4.69) is 15.3 Å². The fourth-order valence-corrected chi connectivity index (χ4v) is 3.35. The molecule has 0 saturated heterocycles. The third-order valence-electron chi connectivity index (χ3n) is 3.61. The van der Waals surface area contributed by atoms with Crippen LogP contribution in [-0.4, -0.2) is 35.6 Å². The second kappa shape index (κ2) is 8.41. The summed E-state index contributed by atoms with van der Waals surface area (Å²) < 4.78 is 10.3. The van der Waals surface area contributed by atoms with Crippen LogP contribution in [0.15, 0.2) is 48.9 Å². The maximum Gasteiger partial charge on any atom is 0.350 e. The van der Waals surface area contributed by atoms with Crippen LogP contribution in [0.25, 0.3) is 10.4 Å². The average Bonchev–Trinajstić information content (AvgIpc) is 3.12. The molecule has 3 aromatic rings. The van der Waals surface area contributed by atoms with Gasteiger partial charge in [-0.15, -0.1) is 11.3 Å². The average molecular weight is 383 g/mol. The van der Waals surface area contributed by atoms with Crippen molar-refractivity contribution in [1.82, 2.24) is 9.97 Å². The number of carbonyl (C=O) groups is 2. The van der Waals surface area contributed by atoms with Gasteiger partial charge in [-0.05, 0) is 42.8 Å². The van der Waals surface area contributed by atoms with Crippen LogP contribution in [0.5, 0.6) is 5.75 Å². The van der Waals surface area contributed by atoms with Gasteiger partial charge < -0.3 is 14.8 Å². The Kier molecular flexibility index (Phi) is 5.77. The van der Waals surface area contributed by atoms with Gasteiger partial charge in [0.1, 0.15) is 16.3 Å². The fraction of sp³-hybridized carbons (Fsp3) is 0.158. The Morgan fingerprint density at radius 2 is 1.96 bits per heavy atom. The van der Waals surface area contributed by atoms with E-state index in [9.17, 15) is 9.59 Å². The molecule has 0 unspecified atom stereocenters. The molecule has 1 aromatic carbocycles. The monoisotopic (exact) mass is 383 g/mol. The number of carbonyl (C=O) groups excluding carboxylic acids is 2. The molecule has 0 atom stereocenters. The van der Waals surface area contributed by atoms with Crippen molar-refractivity contribution >= 4 is 28.9 Å². The van der Waals surface area contributed by atoms with E-state index in [-0.39, 0.29) is 12.3 Å². The highest BCUT2D eigenvalue weighted by Gasteiger charge is 2.21. The van der Waals surface area contributed by atoms with E-state index in [4.69, 9.17) is 9.47 Å². The third kappa shape index (κ3) is 4.29. The molecule has 138 valence electrons. The van der Waals surface area contributed by atoms with Crippen LogP contribution in [0.2, 0.25) is 0 Å². The van der Waals surface area contributed by atoms with Crippen LogP contribution in [0.4, 0.5) is 5.69 Å². The molecular weight excluding hydrogens is 366 g/mol. The van der Waals surface area contributed by atoms with Gasteiger partial charge in [0, 0.05) is 17.3 Å². The Labute approximate surface area is 160 Å². The van der Waals surface area contributed by atoms with Crippen LogP contribution < -0.4 is 10.1 Å². The maximum absolute atomic E-state index is 12.4. The molecule has 1 N–H and O–H groups in total. The van der Waals surface area contributed by atoms with E-state index in [1.54, 1.807) is 20.1 Å². The number of thiophene rings is 1. The Morgan fingerprint density at radius 1 is 1.19 bits per heavy atom. The van der Waals surface area contributed by atoms with Gasteiger partial charge in [-0.1, -0.05) is 0 Å². The summed E-state index contributed by atoms with van der Waals surface area (Å²) in [5.41, 5.74) is 1.43. The Morgan fingerprint density at radius 3 is 2.59 bits per heavy atom. The molecule has 27 heavy (non-hydrogen) atoms. The predicted octanol–water partition coefficient (Wildman–Crippen LogP) is 3.64. The van der Waals surface area contributed by atoms with Gasteiger partial charge in [0.15, 0.2) is 0 Å². The molecule has 0 spiro atoms. The molecule has 0 aliphatic carbocycles. The minimum Gasteiger partial charge on any atom is -0.497 e. The Bertz CT molecular complexity index is 939. The first-order valence-corrected chi connectivity index (χ1v) is 8.96. The molecule has 3 rings (SSSR count). The quantitative estimate of drug-likeness (QED) is 0.654. The lowest BCUT2D eigenvalue weighted by molar-refractivity contribution is 0.0533. The van der Waals surface area contributed by atoms with Crippen molar-refractivity contribution in [2.24, 2.45) is 0 Å². The first-order valence-electron chi connectivity index (χ1n) is 8.15. The molecule has 0 bridgehead atoms. The summed E-state index contributed by atoms with van der Waals surface area (Å²) in [5.74, 6) is -0.207. The number of aromatic nitrogens is 2. The molecular formula is C19H17N3O4S. The van der Waals surface area contributed by atoms with E-state index >= 15 is 0 Å². The number of esters is 1. The molecule has 2 aromatic heterocycles. The van der Waals surface area contributed by atoms with E-state index < -0.39 is 11.9 Å². The highest BCUT2D eigenvalue weighted by molar-refractivity contribution is 7.18. The van der Waals surface area contributed by atoms with E-state index in [1.165, 1.54) is 29.9 Å². The van der Waals surface area contributed by atoms with Crippen molar-refractivity contribution in [3.8, 4) is 16.2 Å². The number of amides is 1. The number of rotatable bonds is 6. The highest BCUT2D eigenvalue weighted by Crippen LogP contribution is 2.36. The zero-order chi connectivity index (χ0) is 19.2. The van der Waals surface area contributed by atoms with Crippen molar-refractivity contribution in [3.63, 3.8) is 0 Å². The van der Waals surface area contributed by atoms with Crippen LogP contribution >= 0.6 is 11.3 Å². The number of hydrogen-bond donors (Lipinski definition) is 1. The van der Waals surface area contributed by atoms with Gasteiger partial charge in [0.2, 0.25) is 0 Å². The topological polar surface area (TPSA) is 90.4 Å². The number of nitrogens with zero attached hydrogens (tertiary/aromatic N) is 2. The molecule has 0 radical (unpaired) electrons. The van der Waals surface area contributed by atoms with Gasteiger partial charge in [-0.3, -0.25) is 9.78 Å². The summed E-state index contributed by atoms with van der Waals surface area (Å²) in [4.78, 5) is 33.7. The Hall–Kier alpha value is -3.26. The van der Waals surface area contributed by atoms with Gasteiger partial charge >= 0.3 is 5.97 Å².